The molecule has 0 aliphatic heterocycles. The number of aliphatic hydroxyl groups is 2. The fourth-order valence-corrected chi connectivity index (χ4v) is 5.03. The summed E-state index contributed by atoms with van der Waals surface area (Å²) in [6.45, 7) is 0.919. The van der Waals surface area contributed by atoms with Crippen LogP contribution in [-0.4, -0.2) is 61.3 Å². The highest BCUT2D eigenvalue weighted by molar-refractivity contribution is 6.04. The average Bonchev–Trinajstić information content (AvgIpc) is 3.07. The number of rotatable bonds is 12. The number of hydrogen-bond acceptors (Lipinski definition) is 9. The van der Waals surface area contributed by atoms with Crippen LogP contribution in [0.15, 0.2) is 112 Å². The molecule has 2 N–H and O–H groups in total. The smallest absolute Gasteiger partial charge is 0.338 e. The zero-order chi connectivity index (χ0) is 32.8. The maximum absolute atomic E-state index is 13.3. The number of aliphatic hydroxyl groups excluding tert-OH is 2. The number of aromatic nitrogens is 3. The third kappa shape index (κ3) is 6.88. The van der Waals surface area contributed by atoms with Crippen LogP contribution in [0.3, 0.4) is 0 Å². The molecule has 0 saturated heterocycles. The Morgan fingerprint density at radius 3 is 1.87 bits per heavy atom. The standard InChI is InChI=1S/C34H31N3O9/c1-2-16-35-32(42)36(18-26(38)20-45-30(40)25-15-14-22-8-3-4-10-24(22)17-25)34(44)37(33(35)43)19-27(39)21-46-31(41)29-13-7-11-23-9-5-6-12-28(23)29/h2-15,17,26-27,38-39H,1,16,18-21H2. The molecule has 0 saturated carbocycles. The lowest BCUT2D eigenvalue weighted by molar-refractivity contribution is 0.0190. The van der Waals surface area contributed by atoms with Gasteiger partial charge in [-0.2, -0.15) is 0 Å². The van der Waals surface area contributed by atoms with E-state index in [0.29, 0.717) is 19.1 Å². The largest absolute Gasteiger partial charge is 0.459 e. The third-order valence-electron chi connectivity index (χ3n) is 7.29. The van der Waals surface area contributed by atoms with E-state index in [1.54, 1.807) is 42.5 Å². The van der Waals surface area contributed by atoms with Gasteiger partial charge in [0.25, 0.3) is 0 Å². The number of ether oxygens (including phenoxy) is 2. The van der Waals surface area contributed by atoms with Crippen LogP contribution in [0.4, 0.5) is 0 Å². The fourth-order valence-electron chi connectivity index (χ4n) is 5.03. The molecule has 0 amide bonds. The van der Waals surface area contributed by atoms with Gasteiger partial charge in [-0.1, -0.05) is 72.8 Å². The number of hydrogen-bond donors (Lipinski definition) is 2. The van der Waals surface area contributed by atoms with E-state index in [1.807, 2.05) is 42.5 Å². The Morgan fingerprint density at radius 2 is 1.22 bits per heavy atom. The van der Waals surface area contributed by atoms with E-state index < -0.39 is 67.5 Å². The van der Waals surface area contributed by atoms with Crippen molar-refractivity contribution in [2.75, 3.05) is 13.2 Å². The second kappa shape index (κ2) is 14.0. The second-order valence-corrected chi connectivity index (χ2v) is 10.6. The Hall–Kier alpha value is -5.59. The van der Waals surface area contributed by atoms with Crippen LogP contribution in [0.1, 0.15) is 20.7 Å². The molecular formula is C34H31N3O9. The van der Waals surface area contributed by atoms with Gasteiger partial charge in [0.1, 0.15) is 25.4 Å². The van der Waals surface area contributed by atoms with E-state index in [9.17, 15) is 34.2 Å². The van der Waals surface area contributed by atoms with Gasteiger partial charge in [0, 0.05) is 0 Å². The fraction of sp³-hybridized carbons (Fsp3) is 0.206. The predicted molar refractivity (Wildman–Crippen MR) is 170 cm³/mol. The van der Waals surface area contributed by atoms with Gasteiger partial charge in [-0.15, -0.1) is 6.58 Å². The van der Waals surface area contributed by atoms with Gasteiger partial charge in [-0.25, -0.2) is 37.7 Å². The summed E-state index contributed by atoms with van der Waals surface area (Å²) in [7, 11) is 0. The molecule has 0 bridgehead atoms. The lowest BCUT2D eigenvalue weighted by Crippen LogP contribution is -2.56. The molecule has 0 radical (unpaired) electrons. The van der Waals surface area contributed by atoms with Crippen LogP contribution in [0.2, 0.25) is 0 Å². The van der Waals surface area contributed by atoms with Gasteiger partial charge in [0.15, 0.2) is 0 Å². The minimum absolute atomic E-state index is 0.250. The number of carbonyl (C=O) groups is 2. The van der Waals surface area contributed by atoms with Crippen molar-refractivity contribution in [1.29, 1.82) is 0 Å². The first-order chi connectivity index (χ1) is 22.2. The van der Waals surface area contributed by atoms with E-state index in [0.717, 1.165) is 16.2 Å². The molecule has 0 aliphatic carbocycles. The van der Waals surface area contributed by atoms with Gasteiger partial charge in [-0.05, 0) is 39.7 Å². The van der Waals surface area contributed by atoms with Crippen molar-refractivity contribution in [2.24, 2.45) is 0 Å². The van der Waals surface area contributed by atoms with Crippen LogP contribution in [-0.2, 0) is 29.1 Å². The maximum Gasteiger partial charge on any atom is 0.338 e. The zero-order valence-electron chi connectivity index (χ0n) is 24.7. The topological polar surface area (TPSA) is 159 Å². The third-order valence-corrected chi connectivity index (χ3v) is 7.29. The summed E-state index contributed by atoms with van der Waals surface area (Å²) in [4.78, 5) is 64.8. The number of allylic oxidation sites excluding steroid dienone is 1. The lowest BCUT2D eigenvalue weighted by Gasteiger charge is -2.18. The zero-order valence-corrected chi connectivity index (χ0v) is 24.7. The Kier molecular flexibility index (Phi) is 9.70. The molecule has 1 heterocycles. The van der Waals surface area contributed by atoms with Crippen molar-refractivity contribution in [1.82, 2.24) is 13.7 Å². The summed E-state index contributed by atoms with van der Waals surface area (Å²) < 4.78 is 12.4. The first kappa shape index (κ1) is 31.8. The second-order valence-electron chi connectivity index (χ2n) is 10.6. The molecule has 2 atom stereocenters. The summed E-state index contributed by atoms with van der Waals surface area (Å²) in [5.41, 5.74) is -2.64. The molecule has 12 nitrogen and oxygen atoms in total. The molecule has 0 spiro atoms. The van der Waals surface area contributed by atoms with Crippen LogP contribution in [0.5, 0.6) is 0 Å². The lowest BCUT2D eigenvalue weighted by atomic mass is 10.1. The molecule has 236 valence electrons. The van der Waals surface area contributed by atoms with E-state index in [4.69, 9.17) is 9.47 Å². The van der Waals surface area contributed by atoms with Crippen LogP contribution in [0, 0.1) is 0 Å². The molecular weight excluding hydrogens is 594 g/mol. The number of benzene rings is 4. The molecule has 1 aromatic heterocycles. The van der Waals surface area contributed by atoms with Gasteiger partial charge in [0.05, 0.1) is 30.8 Å². The van der Waals surface area contributed by atoms with E-state index in [2.05, 4.69) is 6.58 Å². The van der Waals surface area contributed by atoms with Crippen LogP contribution >= 0.6 is 0 Å². The maximum atomic E-state index is 13.3. The van der Waals surface area contributed by atoms with Crippen molar-refractivity contribution in [3.63, 3.8) is 0 Å². The summed E-state index contributed by atoms with van der Waals surface area (Å²) >= 11 is 0. The number of carbonyl (C=O) groups excluding carboxylic acids is 2. The average molecular weight is 626 g/mol. The molecule has 4 aromatic carbocycles. The Balaban J connectivity index is 1.29. The summed E-state index contributed by atoms with van der Waals surface area (Å²) in [5, 5.41) is 24.5. The molecule has 5 rings (SSSR count). The first-order valence-corrected chi connectivity index (χ1v) is 14.4. The van der Waals surface area contributed by atoms with Crippen molar-refractivity contribution < 1.29 is 29.3 Å². The van der Waals surface area contributed by atoms with Gasteiger partial charge in [-0.3, -0.25) is 0 Å². The summed E-state index contributed by atoms with van der Waals surface area (Å²) in [6, 6.07) is 24.7. The SMILES string of the molecule is C=CCn1c(=O)n(CC(O)COC(=O)c2ccc3ccccc3c2)c(=O)n(CC(O)COC(=O)c2cccc3ccccc23)c1=O. The van der Waals surface area contributed by atoms with Gasteiger partial charge < -0.3 is 19.7 Å². The van der Waals surface area contributed by atoms with Crippen LogP contribution in [0.25, 0.3) is 21.5 Å². The van der Waals surface area contributed by atoms with E-state index in [1.165, 1.54) is 6.08 Å². The molecule has 0 aliphatic rings. The number of nitrogens with zero attached hydrogens (tertiary/aromatic N) is 3. The summed E-state index contributed by atoms with van der Waals surface area (Å²) in [6.07, 6.45) is -1.73. The molecule has 46 heavy (non-hydrogen) atoms. The Labute approximate surface area is 261 Å². The quantitative estimate of drug-likeness (QED) is 0.156. The normalized spacial score (nSPS) is 12.5. The molecule has 12 heteroatoms. The van der Waals surface area contributed by atoms with Crippen molar-refractivity contribution in [3.05, 3.63) is 140 Å². The highest BCUT2D eigenvalue weighted by Crippen LogP contribution is 2.19. The van der Waals surface area contributed by atoms with Crippen molar-refractivity contribution in [2.45, 2.75) is 31.8 Å². The highest BCUT2D eigenvalue weighted by atomic mass is 16.5. The van der Waals surface area contributed by atoms with E-state index >= 15 is 0 Å². The Morgan fingerprint density at radius 1 is 0.674 bits per heavy atom. The minimum atomic E-state index is -1.50. The minimum Gasteiger partial charge on any atom is -0.459 e. The molecule has 2 unspecified atom stereocenters. The number of esters is 2. The van der Waals surface area contributed by atoms with Gasteiger partial charge in [0.2, 0.25) is 0 Å². The van der Waals surface area contributed by atoms with Crippen molar-refractivity contribution in [3.8, 4) is 0 Å². The monoisotopic (exact) mass is 625 g/mol. The number of fused-ring (bicyclic) bond motifs is 2. The molecule has 0 fully saturated rings. The summed E-state index contributed by atoms with van der Waals surface area (Å²) in [5.74, 6) is -1.43. The first-order valence-electron chi connectivity index (χ1n) is 14.4. The molecule has 5 aromatic rings. The van der Waals surface area contributed by atoms with E-state index in [-0.39, 0.29) is 17.7 Å². The van der Waals surface area contributed by atoms with Crippen LogP contribution < -0.4 is 17.1 Å². The van der Waals surface area contributed by atoms with Gasteiger partial charge >= 0.3 is 29.0 Å². The predicted octanol–water partition coefficient (Wildman–Crippen LogP) is 2.10. The van der Waals surface area contributed by atoms with Crippen molar-refractivity contribution >= 4 is 33.5 Å². The highest BCUT2D eigenvalue weighted by Gasteiger charge is 2.22. The Bertz CT molecular complexity index is 2110.